The molecule has 0 aliphatic carbocycles. The number of fused-ring (bicyclic) bond motifs is 1. The number of likely N-dealkylation sites (tertiary alicyclic amines) is 2. The Bertz CT molecular complexity index is 636. The molecule has 150 valence electrons. The van der Waals surface area contributed by atoms with Gasteiger partial charge in [-0.1, -0.05) is 13.3 Å². The molecule has 0 bridgehead atoms. The first kappa shape index (κ1) is 18.7. The van der Waals surface area contributed by atoms with Gasteiger partial charge in [0.1, 0.15) is 11.6 Å². The van der Waals surface area contributed by atoms with Crippen LogP contribution in [-0.2, 0) is 13.0 Å². The van der Waals surface area contributed by atoms with E-state index in [0.29, 0.717) is 12.0 Å². The molecule has 7 heteroatoms. The summed E-state index contributed by atoms with van der Waals surface area (Å²) in [7, 11) is 0. The average molecular weight is 375 g/mol. The number of aryl methyl sites for hydroxylation is 1. The first-order valence-electron chi connectivity index (χ1n) is 10.9. The summed E-state index contributed by atoms with van der Waals surface area (Å²) in [6, 6.07) is 0.624. The number of hydrogen-bond acceptors (Lipinski definition) is 4. The summed E-state index contributed by atoms with van der Waals surface area (Å²) in [4.78, 5) is 17.0. The minimum Gasteiger partial charge on any atom is -0.336 e. The summed E-state index contributed by atoms with van der Waals surface area (Å²) >= 11 is 0. The van der Waals surface area contributed by atoms with E-state index in [1.54, 1.807) is 0 Å². The summed E-state index contributed by atoms with van der Waals surface area (Å²) in [5.74, 6) is 2.77. The van der Waals surface area contributed by atoms with Crippen molar-refractivity contribution < 1.29 is 4.79 Å². The zero-order chi connectivity index (χ0) is 18.6. The smallest absolute Gasteiger partial charge is 0.317 e. The molecule has 4 rings (SSSR count). The number of aromatic nitrogens is 3. The van der Waals surface area contributed by atoms with Crippen molar-refractivity contribution in [1.82, 2.24) is 29.9 Å². The molecule has 1 aromatic rings. The Morgan fingerprint density at radius 2 is 1.89 bits per heavy atom. The van der Waals surface area contributed by atoms with Gasteiger partial charge in [0.25, 0.3) is 0 Å². The van der Waals surface area contributed by atoms with Crippen LogP contribution in [0, 0.1) is 0 Å². The zero-order valence-electron chi connectivity index (χ0n) is 16.7. The maximum Gasteiger partial charge on any atom is 0.317 e. The van der Waals surface area contributed by atoms with Gasteiger partial charge in [0.2, 0.25) is 0 Å². The monoisotopic (exact) mass is 374 g/mol. The van der Waals surface area contributed by atoms with Crippen molar-refractivity contribution in [3.8, 4) is 0 Å². The quantitative estimate of drug-likeness (QED) is 0.879. The molecule has 0 unspecified atom stereocenters. The van der Waals surface area contributed by atoms with Crippen molar-refractivity contribution >= 4 is 6.03 Å². The SMILES string of the molecule is CCN1CCC[C@@H]1CNC(=O)N1CCC(c2nnc3n2CCCCC3)CC1. The molecule has 1 N–H and O–H groups in total. The second-order valence-corrected chi connectivity index (χ2v) is 8.31. The summed E-state index contributed by atoms with van der Waals surface area (Å²) in [6.45, 7) is 7.94. The van der Waals surface area contributed by atoms with Crippen molar-refractivity contribution in [3.05, 3.63) is 11.6 Å². The van der Waals surface area contributed by atoms with Crippen LogP contribution >= 0.6 is 0 Å². The number of rotatable bonds is 4. The number of carbonyl (C=O) groups excluding carboxylic acids is 1. The molecule has 2 fully saturated rings. The minimum absolute atomic E-state index is 0.108. The van der Waals surface area contributed by atoms with Crippen molar-refractivity contribution in [2.75, 3.05) is 32.7 Å². The van der Waals surface area contributed by atoms with Gasteiger partial charge in [-0.15, -0.1) is 10.2 Å². The maximum atomic E-state index is 12.6. The van der Waals surface area contributed by atoms with Gasteiger partial charge in [0, 0.05) is 44.6 Å². The van der Waals surface area contributed by atoms with Crippen LogP contribution < -0.4 is 5.32 Å². The van der Waals surface area contributed by atoms with Gasteiger partial charge in [0.15, 0.2) is 0 Å². The lowest BCUT2D eigenvalue weighted by Crippen LogP contribution is -2.48. The van der Waals surface area contributed by atoms with E-state index in [1.807, 2.05) is 4.90 Å². The van der Waals surface area contributed by atoms with Crippen LogP contribution in [-0.4, -0.2) is 69.4 Å². The fourth-order valence-electron chi connectivity index (χ4n) is 5.01. The molecule has 2 saturated heterocycles. The van der Waals surface area contributed by atoms with Crippen molar-refractivity contribution in [3.63, 3.8) is 0 Å². The van der Waals surface area contributed by atoms with E-state index in [0.717, 1.165) is 57.8 Å². The van der Waals surface area contributed by atoms with E-state index in [9.17, 15) is 4.79 Å². The maximum absolute atomic E-state index is 12.6. The molecular formula is C20H34N6O. The summed E-state index contributed by atoms with van der Waals surface area (Å²) in [6.07, 6.45) is 9.26. The number of nitrogens with one attached hydrogen (secondary N) is 1. The van der Waals surface area contributed by atoms with Crippen LogP contribution in [0.15, 0.2) is 0 Å². The minimum atomic E-state index is 0.108. The first-order valence-corrected chi connectivity index (χ1v) is 10.9. The summed E-state index contributed by atoms with van der Waals surface area (Å²) in [5.41, 5.74) is 0. The van der Waals surface area contributed by atoms with Gasteiger partial charge >= 0.3 is 6.03 Å². The Morgan fingerprint density at radius 1 is 1.04 bits per heavy atom. The second kappa shape index (κ2) is 8.59. The van der Waals surface area contributed by atoms with Gasteiger partial charge < -0.3 is 14.8 Å². The molecule has 3 aliphatic heterocycles. The lowest BCUT2D eigenvalue weighted by Gasteiger charge is -2.32. The van der Waals surface area contributed by atoms with Crippen molar-refractivity contribution in [1.29, 1.82) is 0 Å². The molecule has 0 saturated carbocycles. The lowest BCUT2D eigenvalue weighted by atomic mass is 9.96. The van der Waals surface area contributed by atoms with E-state index >= 15 is 0 Å². The van der Waals surface area contributed by atoms with Gasteiger partial charge in [-0.2, -0.15) is 0 Å². The molecule has 27 heavy (non-hydrogen) atoms. The molecule has 0 spiro atoms. The van der Waals surface area contributed by atoms with E-state index < -0.39 is 0 Å². The van der Waals surface area contributed by atoms with Crippen LogP contribution in [0.25, 0.3) is 0 Å². The first-order chi connectivity index (χ1) is 13.3. The van der Waals surface area contributed by atoms with Gasteiger partial charge in [0.05, 0.1) is 0 Å². The predicted molar refractivity (Wildman–Crippen MR) is 105 cm³/mol. The number of likely N-dealkylation sites (N-methyl/N-ethyl adjacent to an activating group) is 1. The number of piperidine rings is 1. The fourth-order valence-corrected chi connectivity index (χ4v) is 5.01. The van der Waals surface area contributed by atoms with E-state index in [4.69, 9.17) is 0 Å². The molecule has 2 amide bonds. The zero-order valence-corrected chi connectivity index (χ0v) is 16.7. The highest BCUT2D eigenvalue weighted by molar-refractivity contribution is 5.74. The summed E-state index contributed by atoms with van der Waals surface area (Å²) < 4.78 is 2.37. The molecule has 0 aromatic carbocycles. The van der Waals surface area contributed by atoms with Gasteiger partial charge in [-0.05, 0) is 51.6 Å². The molecule has 1 aromatic heterocycles. The normalized spacial score (nSPS) is 24.6. The molecule has 4 heterocycles. The highest BCUT2D eigenvalue weighted by atomic mass is 16.2. The third-order valence-corrected chi connectivity index (χ3v) is 6.68. The average Bonchev–Trinajstić information content (AvgIpc) is 3.26. The second-order valence-electron chi connectivity index (χ2n) is 8.31. The Kier molecular flexibility index (Phi) is 5.95. The topological polar surface area (TPSA) is 66.3 Å². The number of hydrogen-bond donors (Lipinski definition) is 1. The van der Waals surface area contributed by atoms with Crippen LogP contribution in [0.3, 0.4) is 0 Å². The Balaban J connectivity index is 1.28. The predicted octanol–water partition coefficient (Wildman–Crippen LogP) is 2.38. The van der Waals surface area contributed by atoms with Crippen LogP contribution in [0.2, 0.25) is 0 Å². The molecule has 7 nitrogen and oxygen atoms in total. The van der Waals surface area contributed by atoms with Crippen LogP contribution in [0.1, 0.15) is 69.4 Å². The number of carbonyl (C=O) groups is 1. The number of urea groups is 1. The largest absolute Gasteiger partial charge is 0.336 e. The van der Waals surface area contributed by atoms with Crippen LogP contribution in [0.4, 0.5) is 4.79 Å². The van der Waals surface area contributed by atoms with Crippen molar-refractivity contribution in [2.24, 2.45) is 0 Å². The Morgan fingerprint density at radius 3 is 2.70 bits per heavy atom. The Hall–Kier alpha value is -1.63. The van der Waals surface area contributed by atoms with Crippen LogP contribution in [0.5, 0.6) is 0 Å². The standard InChI is InChI=1S/C20H34N6O/c1-2-24-11-6-7-17(24)15-21-20(27)25-13-9-16(10-14-25)19-23-22-18-8-4-3-5-12-26(18)19/h16-17H,2-15H2,1H3,(H,21,27)/t17-/m1/s1. The van der Waals surface area contributed by atoms with Gasteiger partial charge in [-0.25, -0.2) is 4.79 Å². The van der Waals surface area contributed by atoms with E-state index in [2.05, 4.69) is 31.9 Å². The summed E-state index contributed by atoms with van der Waals surface area (Å²) in [5, 5.41) is 12.2. The van der Waals surface area contributed by atoms with Gasteiger partial charge in [-0.3, -0.25) is 4.90 Å². The molecule has 1 atom stereocenters. The number of amides is 2. The fraction of sp³-hybridized carbons (Fsp3) is 0.850. The molecular weight excluding hydrogens is 340 g/mol. The number of nitrogens with zero attached hydrogens (tertiary/aromatic N) is 5. The van der Waals surface area contributed by atoms with E-state index in [-0.39, 0.29) is 6.03 Å². The highest BCUT2D eigenvalue weighted by Crippen LogP contribution is 2.29. The lowest BCUT2D eigenvalue weighted by molar-refractivity contribution is 0.174. The third-order valence-electron chi connectivity index (χ3n) is 6.68. The molecule has 0 radical (unpaired) electrons. The highest BCUT2D eigenvalue weighted by Gasteiger charge is 2.29. The Labute approximate surface area is 162 Å². The molecule has 3 aliphatic rings. The van der Waals surface area contributed by atoms with Crippen molar-refractivity contribution in [2.45, 2.75) is 76.8 Å². The van der Waals surface area contributed by atoms with E-state index in [1.165, 1.54) is 44.5 Å². The third kappa shape index (κ3) is 4.13.